The SMILES string of the molecule is CN=C(NCc1ccc(-n2ccnc2C)nc1)NC1CC=CC1.I. The van der Waals surface area contributed by atoms with Crippen LogP contribution in [0.3, 0.4) is 0 Å². The summed E-state index contributed by atoms with van der Waals surface area (Å²) in [4.78, 5) is 13.0. The normalized spacial score (nSPS) is 14.5. The van der Waals surface area contributed by atoms with E-state index >= 15 is 0 Å². The van der Waals surface area contributed by atoms with Crippen LogP contribution in [0.25, 0.3) is 5.82 Å². The molecule has 1 aliphatic rings. The van der Waals surface area contributed by atoms with Gasteiger partial charge in [-0.15, -0.1) is 24.0 Å². The van der Waals surface area contributed by atoms with Gasteiger partial charge in [-0.2, -0.15) is 0 Å². The fourth-order valence-corrected chi connectivity index (χ4v) is 2.59. The van der Waals surface area contributed by atoms with E-state index in [0.717, 1.165) is 36.0 Å². The number of aliphatic imine (C=N–C) groups is 1. The Bertz CT molecular complexity index is 696. The molecule has 0 amide bonds. The molecular formula is C17H23IN6. The van der Waals surface area contributed by atoms with Crippen molar-refractivity contribution in [3.05, 3.63) is 54.3 Å². The summed E-state index contributed by atoms with van der Waals surface area (Å²) in [6.45, 7) is 2.65. The van der Waals surface area contributed by atoms with E-state index in [4.69, 9.17) is 0 Å². The summed E-state index contributed by atoms with van der Waals surface area (Å²) in [5, 5.41) is 6.75. The number of halogens is 1. The summed E-state index contributed by atoms with van der Waals surface area (Å²) in [5.41, 5.74) is 1.11. The van der Waals surface area contributed by atoms with Gasteiger partial charge in [-0.05, 0) is 31.4 Å². The topological polar surface area (TPSA) is 67.1 Å². The molecule has 0 atom stereocenters. The maximum Gasteiger partial charge on any atom is 0.191 e. The summed E-state index contributed by atoms with van der Waals surface area (Å²) in [7, 11) is 1.79. The summed E-state index contributed by atoms with van der Waals surface area (Å²) in [6.07, 6.45) is 12.1. The number of rotatable bonds is 4. The van der Waals surface area contributed by atoms with E-state index in [1.807, 2.05) is 30.0 Å². The van der Waals surface area contributed by atoms with Crippen LogP contribution in [-0.2, 0) is 6.54 Å². The summed E-state index contributed by atoms with van der Waals surface area (Å²) in [6, 6.07) is 4.52. The number of hydrogen-bond donors (Lipinski definition) is 2. The molecule has 0 bridgehead atoms. The third-order valence-corrected chi connectivity index (χ3v) is 3.91. The van der Waals surface area contributed by atoms with Crippen LogP contribution in [0.2, 0.25) is 0 Å². The van der Waals surface area contributed by atoms with Gasteiger partial charge in [-0.1, -0.05) is 18.2 Å². The van der Waals surface area contributed by atoms with Crippen LogP contribution in [-0.4, -0.2) is 33.6 Å². The molecule has 7 heteroatoms. The van der Waals surface area contributed by atoms with Crippen LogP contribution in [0.1, 0.15) is 24.2 Å². The first-order valence-corrected chi connectivity index (χ1v) is 7.83. The zero-order valence-electron chi connectivity index (χ0n) is 13.9. The number of nitrogens with one attached hydrogen (secondary N) is 2. The molecule has 1 aliphatic carbocycles. The molecule has 0 aromatic carbocycles. The minimum absolute atomic E-state index is 0. The first-order chi connectivity index (χ1) is 11.3. The monoisotopic (exact) mass is 438 g/mol. The molecule has 2 N–H and O–H groups in total. The average molecular weight is 438 g/mol. The minimum Gasteiger partial charge on any atom is -0.353 e. The van der Waals surface area contributed by atoms with Gasteiger partial charge in [0, 0.05) is 38.2 Å². The molecule has 0 aliphatic heterocycles. The zero-order valence-corrected chi connectivity index (χ0v) is 16.3. The minimum atomic E-state index is 0. The molecule has 6 nitrogen and oxygen atoms in total. The fraction of sp³-hybridized carbons (Fsp3) is 0.353. The highest BCUT2D eigenvalue weighted by molar-refractivity contribution is 14.0. The number of hydrogen-bond acceptors (Lipinski definition) is 3. The van der Waals surface area contributed by atoms with E-state index in [-0.39, 0.29) is 24.0 Å². The zero-order chi connectivity index (χ0) is 16.1. The quantitative estimate of drug-likeness (QED) is 0.333. The van der Waals surface area contributed by atoms with Gasteiger partial charge in [0.25, 0.3) is 0 Å². The van der Waals surface area contributed by atoms with Crippen LogP contribution >= 0.6 is 24.0 Å². The highest BCUT2D eigenvalue weighted by Gasteiger charge is 2.11. The molecule has 0 unspecified atom stereocenters. The number of pyridine rings is 1. The molecule has 0 saturated carbocycles. The molecular weight excluding hydrogens is 415 g/mol. The third-order valence-electron chi connectivity index (χ3n) is 3.91. The molecule has 24 heavy (non-hydrogen) atoms. The van der Waals surface area contributed by atoms with Crippen molar-refractivity contribution >= 4 is 29.9 Å². The lowest BCUT2D eigenvalue weighted by Crippen LogP contribution is -2.42. The maximum atomic E-state index is 4.50. The second kappa shape index (κ2) is 8.81. The summed E-state index contributed by atoms with van der Waals surface area (Å²) >= 11 is 0. The Morgan fingerprint density at radius 2 is 2.08 bits per heavy atom. The Morgan fingerprint density at radius 3 is 2.67 bits per heavy atom. The fourth-order valence-electron chi connectivity index (χ4n) is 2.59. The van der Waals surface area contributed by atoms with Crippen molar-refractivity contribution in [3.63, 3.8) is 0 Å². The molecule has 0 radical (unpaired) electrons. The van der Waals surface area contributed by atoms with E-state index < -0.39 is 0 Å². The van der Waals surface area contributed by atoms with Crippen molar-refractivity contribution in [2.75, 3.05) is 7.05 Å². The van der Waals surface area contributed by atoms with Gasteiger partial charge in [-0.25, -0.2) is 9.97 Å². The molecule has 0 spiro atoms. The third kappa shape index (κ3) is 4.56. The molecule has 3 rings (SSSR count). The Morgan fingerprint density at radius 1 is 1.29 bits per heavy atom. The maximum absolute atomic E-state index is 4.50. The average Bonchev–Trinajstić information content (AvgIpc) is 3.23. The highest BCUT2D eigenvalue weighted by Crippen LogP contribution is 2.10. The van der Waals surface area contributed by atoms with Crippen molar-refractivity contribution in [2.24, 2.45) is 4.99 Å². The van der Waals surface area contributed by atoms with Crippen LogP contribution in [0.5, 0.6) is 0 Å². The smallest absolute Gasteiger partial charge is 0.191 e. The molecule has 0 fully saturated rings. The van der Waals surface area contributed by atoms with Crippen LogP contribution in [0, 0.1) is 6.92 Å². The molecule has 128 valence electrons. The van der Waals surface area contributed by atoms with Crippen molar-refractivity contribution in [1.82, 2.24) is 25.2 Å². The number of nitrogens with zero attached hydrogens (tertiary/aromatic N) is 4. The van der Waals surface area contributed by atoms with Gasteiger partial charge in [-0.3, -0.25) is 9.56 Å². The predicted molar refractivity (Wildman–Crippen MR) is 107 cm³/mol. The predicted octanol–water partition coefficient (Wildman–Crippen LogP) is 2.58. The van der Waals surface area contributed by atoms with Crippen LogP contribution in [0.15, 0.2) is 47.9 Å². The van der Waals surface area contributed by atoms with Gasteiger partial charge in [0.2, 0.25) is 0 Å². The van der Waals surface area contributed by atoms with Gasteiger partial charge in [0.15, 0.2) is 5.96 Å². The van der Waals surface area contributed by atoms with Crippen molar-refractivity contribution in [1.29, 1.82) is 0 Å². The lowest BCUT2D eigenvalue weighted by molar-refractivity contribution is 0.633. The van der Waals surface area contributed by atoms with Gasteiger partial charge < -0.3 is 10.6 Å². The molecule has 2 aromatic rings. The molecule has 2 heterocycles. The second-order valence-corrected chi connectivity index (χ2v) is 5.58. The van der Waals surface area contributed by atoms with Gasteiger partial charge in [0.1, 0.15) is 11.6 Å². The largest absolute Gasteiger partial charge is 0.353 e. The Balaban J connectivity index is 0.00000208. The number of aryl methyl sites for hydroxylation is 1. The van der Waals surface area contributed by atoms with Gasteiger partial charge in [0.05, 0.1) is 0 Å². The van der Waals surface area contributed by atoms with E-state index in [9.17, 15) is 0 Å². The van der Waals surface area contributed by atoms with Crippen molar-refractivity contribution in [2.45, 2.75) is 32.4 Å². The van der Waals surface area contributed by atoms with E-state index in [2.05, 4.69) is 43.8 Å². The number of imidazole rings is 1. The van der Waals surface area contributed by atoms with Crippen LogP contribution < -0.4 is 10.6 Å². The highest BCUT2D eigenvalue weighted by atomic mass is 127. The van der Waals surface area contributed by atoms with Crippen molar-refractivity contribution < 1.29 is 0 Å². The number of aromatic nitrogens is 3. The lowest BCUT2D eigenvalue weighted by Gasteiger charge is -2.17. The van der Waals surface area contributed by atoms with Crippen molar-refractivity contribution in [3.8, 4) is 5.82 Å². The van der Waals surface area contributed by atoms with E-state index in [1.54, 1.807) is 13.2 Å². The Kier molecular flexibility index (Phi) is 6.77. The van der Waals surface area contributed by atoms with Gasteiger partial charge >= 0.3 is 0 Å². The first kappa shape index (κ1) is 18.4. The Hall–Kier alpha value is -1.90. The molecule has 0 saturated heterocycles. The van der Waals surface area contributed by atoms with Crippen LogP contribution in [0.4, 0.5) is 0 Å². The molecule has 2 aromatic heterocycles. The summed E-state index contributed by atoms with van der Waals surface area (Å²) < 4.78 is 1.96. The lowest BCUT2D eigenvalue weighted by atomic mass is 10.2. The Labute approximate surface area is 159 Å². The van der Waals surface area contributed by atoms with E-state index in [1.165, 1.54) is 0 Å². The second-order valence-electron chi connectivity index (χ2n) is 5.58. The number of guanidine groups is 1. The first-order valence-electron chi connectivity index (χ1n) is 7.83. The summed E-state index contributed by atoms with van der Waals surface area (Å²) in [5.74, 6) is 2.63. The standard InChI is InChI=1S/C17H22N6.HI/c1-13-19-9-10-23(13)16-8-7-14(11-20-16)12-21-17(18-2)22-15-5-3-4-6-15;/h3-4,7-11,15H,5-6,12H2,1-2H3,(H2,18,21,22);1H. The van der Waals surface area contributed by atoms with E-state index in [0.29, 0.717) is 12.6 Å².